The van der Waals surface area contributed by atoms with Crippen LogP contribution in [0.25, 0.3) is 0 Å². The number of aromatic nitrogens is 1. The summed E-state index contributed by atoms with van der Waals surface area (Å²) in [5.74, 6) is -0.722. The molecule has 0 aliphatic carbocycles. The molecule has 0 saturated heterocycles. The summed E-state index contributed by atoms with van der Waals surface area (Å²) >= 11 is 0. The smallest absolute Gasteiger partial charge is 0.303 e. The molecule has 0 fully saturated rings. The molecule has 1 rings (SSSR count). The number of aryl methyl sites for hydroxylation is 1. The maximum absolute atomic E-state index is 10.3. The fourth-order valence-electron chi connectivity index (χ4n) is 1.44. The van der Waals surface area contributed by atoms with E-state index < -0.39 is 5.97 Å². The first-order chi connectivity index (χ1) is 7.70. The van der Waals surface area contributed by atoms with Crippen LogP contribution in [0.3, 0.4) is 0 Å². The van der Waals surface area contributed by atoms with Crippen LogP contribution in [-0.2, 0) is 11.3 Å². The lowest BCUT2D eigenvalue weighted by Gasteiger charge is -2.05. The average Bonchev–Trinajstić information content (AvgIpc) is 2.25. The van der Waals surface area contributed by atoms with E-state index >= 15 is 0 Å². The van der Waals surface area contributed by atoms with Crippen LogP contribution in [-0.4, -0.2) is 22.6 Å². The van der Waals surface area contributed by atoms with Crippen LogP contribution < -0.4 is 5.32 Å². The van der Waals surface area contributed by atoms with Crippen molar-refractivity contribution in [1.29, 1.82) is 0 Å². The number of unbranched alkanes of at least 4 members (excludes halogenated alkanes) is 1. The maximum Gasteiger partial charge on any atom is 0.303 e. The van der Waals surface area contributed by atoms with Crippen molar-refractivity contribution >= 4 is 5.97 Å². The Labute approximate surface area is 95.7 Å². The van der Waals surface area contributed by atoms with E-state index in [0.29, 0.717) is 0 Å². The normalized spacial score (nSPS) is 10.3. The molecule has 0 aliphatic heterocycles. The highest BCUT2D eigenvalue weighted by Crippen LogP contribution is 2.02. The lowest BCUT2D eigenvalue weighted by Crippen LogP contribution is -2.16. The Kier molecular flexibility index (Phi) is 5.50. The van der Waals surface area contributed by atoms with Crippen LogP contribution in [0.2, 0.25) is 0 Å². The highest BCUT2D eigenvalue weighted by atomic mass is 16.4. The van der Waals surface area contributed by atoms with Crippen molar-refractivity contribution in [1.82, 2.24) is 10.3 Å². The van der Waals surface area contributed by atoms with E-state index in [9.17, 15) is 4.79 Å². The van der Waals surface area contributed by atoms with Gasteiger partial charge in [-0.15, -0.1) is 0 Å². The third-order valence-corrected chi connectivity index (χ3v) is 2.40. The van der Waals surface area contributed by atoms with Gasteiger partial charge in [-0.25, -0.2) is 0 Å². The van der Waals surface area contributed by atoms with Crippen molar-refractivity contribution in [3.8, 4) is 0 Å². The maximum atomic E-state index is 10.3. The summed E-state index contributed by atoms with van der Waals surface area (Å²) in [6.07, 6.45) is 3.65. The zero-order valence-corrected chi connectivity index (χ0v) is 9.57. The number of nitrogens with one attached hydrogen (secondary N) is 1. The lowest BCUT2D eigenvalue weighted by molar-refractivity contribution is -0.137. The van der Waals surface area contributed by atoms with Gasteiger partial charge in [-0.1, -0.05) is 6.07 Å². The SMILES string of the molecule is Cc1cccnc1CNCCCCC(=O)O. The van der Waals surface area contributed by atoms with E-state index in [4.69, 9.17) is 5.11 Å². The summed E-state index contributed by atoms with van der Waals surface area (Å²) in [5.41, 5.74) is 2.24. The Morgan fingerprint density at radius 3 is 3.00 bits per heavy atom. The minimum atomic E-state index is -0.722. The van der Waals surface area contributed by atoms with E-state index in [-0.39, 0.29) is 6.42 Å². The number of carboxylic acid groups (broad SMARTS) is 1. The minimum absolute atomic E-state index is 0.254. The highest BCUT2D eigenvalue weighted by molar-refractivity contribution is 5.66. The van der Waals surface area contributed by atoms with Crippen molar-refractivity contribution in [2.45, 2.75) is 32.7 Å². The van der Waals surface area contributed by atoms with E-state index in [1.165, 1.54) is 5.56 Å². The monoisotopic (exact) mass is 222 g/mol. The van der Waals surface area contributed by atoms with E-state index in [0.717, 1.165) is 31.6 Å². The number of rotatable bonds is 7. The fourth-order valence-corrected chi connectivity index (χ4v) is 1.44. The third kappa shape index (κ3) is 4.89. The molecule has 0 aliphatic rings. The van der Waals surface area contributed by atoms with Crippen LogP contribution in [0, 0.1) is 6.92 Å². The Bertz CT molecular complexity index is 340. The molecule has 1 aromatic heterocycles. The van der Waals surface area contributed by atoms with Crippen molar-refractivity contribution < 1.29 is 9.90 Å². The van der Waals surface area contributed by atoms with Crippen molar-refractivity contribution in [3.05, 3.63) is 29.6 Å². The average molecular weight is 222 g/mol. The number of hydrogen-bond donors (Lipinski definition) is 2. The van der Waals surface area contributed by atoms with Gasteiger partial charge in [-0.3, -0.25) is 9.78 Å². The standard InChI is InChI=1S/C12H18N2O2/c1-10-5-4-8-14-11(10)9-13-7-3-2-6-12(15)16/h4-5,8,13H,2-3,6-7,9H2,1H3,(H,15,16). The molecule has 0 saturated carbocycles. The van der Waals surface area contributed by atoms with Crippen LogP contribution >= 0.6 is 0 Å². The first-order valence-electron chi connectivity index (χ1n) is 5.53. The number of carboxylic acids is 1. The number of carbonyl (C=O) groups is 1. The van der Waals surface area contributed by atoms with E-state index in [2.05, 4.69) is 10.3 Å². The van der Waals surface area contributed by atoms with Gasteiger partial charge in [0.05, 0.1) is 5.69 Å². The Morgan fingerprint density at radius 1 is 1.50 bits per heavy atom. The molecule has 0 amide bonds. The molecular weight excluding hydrogens is 204 g/mol. The van der Waals surface area contributed by atoms with Crippen LogP contribution in [0.5, 0.6) is 0 Å². The van der Waals surface area contributed by atoms with Gasteiger partial charge in [-0.2, -0.15) is 0 Å². The van der Waals surface area contributed by atoms with Crippen molar-refractivity contribution in [2.75, 3.05) is 6.54 Å². The number of pyridine rings is 1. The molecule has 0 spiro atoms. The van der Waals surface area contributed by atoms with Gasteiger partial charge in [-0.05, 0) is 37.9 Å². The third-order valence-electron chi connectivity index (χ3n) is 2.40. The molecule has 0 unspecified atom stereocenters. The molecule has 4 nitrogen and oxygen atoms in total. The Hall–Kier alpha value is -1.42. The van der Waals surface area contributed by atoms with E-state index in [1.54, 1.807) is 6.20 Å². The van der Waals surface area contributed by atoms with Gasteiger partial charge >= 0.3 is 5.97 Å². The van der Waals surface area contributed by atoms with Crippen LogP contribution in [0.15, 0.2) is 18.3 Å². The lowest BCUT2D eigenvalue weighted by atomic mass is 10.2. The van der Waals surface area contributed by atoms with Crippen molar-refractivity contribution in [3.63, 3.8) is 0 Å². The topological polar surface area (TPSA) is 62.2 Å². The van der Waals surface area contributed by atoms with Gasteiger partial charge in [0.2, 0.25) is 0 Å². The molecular formula is C12H18N2O2. The summed E-state index contributed by atoms with van der Waals surface area (Å²) in [7, 11) is 0. The minimum Gasteiger partial charge on any atom is -0.481 e. The first kappa shape index (κ1) is 12.6. The second-order valence-corrected chi connectivity index (χ2v) is 3.79. The zero-order chi connectivity index (χ0) is 11.8. The molecule has 4 heteroatoms. The highest BCUT2D eigenvalue weighted by Gasteiger charge is 1.98. The molecule has 1 heterocycles. The van der Waals surface area contributed by atoms with Gasteiger partial charge in [0.25, 0.3) is 0 Å². The largest absolute Gasteiger partial charge is 0.481 e. The zero-order valence-electron chi connectivity index (χ0n) is 9.57. The van der Waals surface area contributed by atoms with E-state index in [1.807, 2.05) is 19.1 Å². The number of nitrogens with zero attached hydrogens (tertiary/aromatic N) is 1. The Balaban J connectivity index is 2.12. The molecule has 0 radical (unpaired) electrons. The summed E-state index contributed by atoms with van der Waals surface area (Å²) in [5, 5.41) is 11.7. The first-order valence-corrected chi connectivity index (χ1v) is 5.53. The predicted octanol–water partition coefficient (Wildman–Crippen LogP) is 1.73. The fraction of sp³-hybridized carbons (Fsp3) is 0.500. The van der Waals surface area contributed by atoms with Gasteiger partial charge in [0, 0.05) is 19.2 Å². The van der Waals surface area contributed by atoms with Crippen molar-refractivity contribution in [2.24, 2.45) is 0 Å². The molecule has 1 aromatic rings. The van der Waals surface area contributed by atoms with Crippen LogP contribution in [0.1, 0.15) is 30.5 Å². The molecule has 0 bridgehead atoms. The summed E-state index contributed by atoms with van der Waals surface area (Å²) in [6, 6.07) is 3.96. The second-order valence-electron chi connectivity index (χ2n) is 3.79. The number of aliphatic carboxylic acids is 1. The summed E-state index contributed by atoms with van der Waals surface area (Å²) in [6.45, 7) is 3.62. The quantitative estimate of drug-likeness (QED) is 0.690. The molecule has 2 N–H and O–H groups in total. The molecule has 88 valence electrons. The summed E-state index contributed by atoms with van der Waals surface area (Å²) in [4.78, 5) is 14.5. The van der Waals surface area contributed by atoms with Gasteiger partial charge in [0.15, 0.2) is 0 Å². The summed E-state index contributed by atoms with van der Waals surface area (Å²) < 4.78 is 0. The van der Waals surface area contributed by atoms with Gasteiger partial charge in [0.1, 0.15) is 0 Å². The second kappa shape index (κ2) is 6.95. The molecule has 16 heavy (non-hydrogen) atoms. The van der Waals surface area contributed by atoms with Gasteiger partial charge < -0.3 is 10.4 Å². The van der Waals surface area contributed by atoms with Crippen LogP contribution in [0.4, 0.5) is 0 Å². The molecule has 0 aromatic carbocycles. The predicted molar refractivity (Wildman–Crippen MR) is 62.2 cm³/mol. The number of hydrogen-bond acceptors (Lipinski definition) is 3. The molecule has 0 atom stereocenters. The Morgan fingerprint density at radius 2 is 2.31 bits per heavy atom.